The molecule has 3 heterocycles. The van der Waals surface area contributed by atoms with E-state index in [1.165, 1.54) is 11.3 Å². The highest BCUT2D eigenvalue weighted by atomic mass is 32.1. The predicted molar refractivity (Wildman–Crippen MR) is 191 cm³/mol. The number of aromatic nitrogens is 1. The van der Waals surface area contributed by atoms with Crippen LogP contribution in [0.2, 0.25) is 0 Å². The maximum atomic E-state index is 14.3. The number of rotatable bonds is 9. The van der Waals surface area contributed by atoms with Crippen LogP contribution in [0, 0.1) is 6.92 Å². The summed E-state index contributed by atoms with van der Waals surface area (Å²) < 4.78 is 19.1. The zero-order chi connectivity index (χ0) is 34.8. The Labute approximate surface area is 288 Å². The Kier molecular flexibility index (Phi) is 9.65. The molecule has 0 saturated heterocycles. The van der Waals surface area contributed by atoms with Crippen molar-refractivity contribution in [3.05, 3.63) is 144 Å². The van der Waals surface area contributed by atoms with Crippen LogP contribution >= 0.6 is 11.3 Å². The summed E-state index contributed by atoms with van der Waals surface area (Å²) in [4.78, 5) is 45.8. The van der Waals surface area contributed by atoms with Gasteiger partial charge in [-0.25, -0.2) is 14.6 Å². The first-order valence-corrected chi connectivity index (χ1v) is 17.2. The summed E-state index contributed by atoms with van der Waals surface area (Å²) in [6.07, 6.45) is 1.49. The van der Waals surface area contributed by atoms with Crippen molar-refractivity contribution in [2.45, 2.75) is 59.6 Å². The number of benzene rings is 3. The molecular weight excluding hydrogens is 637 g/mol. The van der Waals surface area contributed by atoms with Gasteiger partial charge in [-0.2, -0.15) is 0 Å². The van der Waals surface area contributed by atoms with Crippen molar-refractivity contribution in [3.63, 3.8) is 0 Å². The van der Waals surface area contributed by atoms with Gasteiger partial charge in [0.1, 0.15) is 11.5 Å². The van der Waals surface area contributed by atoms with E-state index in [9.17, 15) is 14.4 Å². The molecule has 1 atom stereocenters. The van der Waals surface area contributed by atoms with Crippen molar-refractivity contribution in [2.75, 3.05) is 6.61 Å². The van der Waals surface area contributed by atoms with Gasteiger partial charge in [0.25, 0.3) is 5.56 Å². The fourth-order valence-corrected chi connectivity index (χ4v) is 6.85. The topological polar surface area (TPSA) is 100 Å². The summed E-state index contributed by atoms with van der Waals surface area (Å²) in [5.41, 5.74) is 5.30. The lowest BCUT2D eigenvalue weighted by molar-refractivity contribution is -0.138. The number of furan rings is 1. The number of thiazole rings is 1. The predicted octanol–water partition coefficient (Wildman–Crippen LogP) is 7.19. The van der Waals surface area contributed by atoms with Crippen LogP contribution in [0.4, 0.5) is 0 Å². The fourth-order valence-electron chi connectivity index (χ4n) is 5.87. The maximum absolute atomic E-state index is 14.3. The van der Waals surface area contributed by atoms with E-state index >= 15 is 0 Å². The molecule has 49 heavy (non-hydrogen) atoms. The smallest absolute Gasteiger partial charge is 0.338 e. The van der Waals surface area contributed by atoms with Gasteiger partial charge < -0.3 is 13.9 Å². The van der Waals surface area contributed by atoms with Crippen LogP contribution in [-0.2, 0) is 14.3 Å². The second kappa shape index (κ2) is 14.1. The summed E-state index contributed by atoms with van der Waals surface area (Å²) >= 11 is 1.24. The molecule has 0 spiro atoms. The van der Waals surface area contributed by atoms with Crippen molar-refractivity contribution in [1.82, 2.24) is 4.57 Å². The molecular formula is C40H38N2O6S. The third-order valence-electron chi connectivity index (χ3n) is 8.26. The second-order valence-electron chi connectivity index (χ2n) is 12.4. The first kappa shape index (κ1) is 33.6. The zero-order valence-corrected chi connectivity index (χ0v) is 29.2. The van der Waals surface area contributed by atoms with E-state index < -0.39 is 12.0 Å². The van der Waals surface area contributed by atoms with Crippen molar-refractivity contribution in [2.24, 2.45) is 4.99 Å². The zero-order valence-electron chi connectivity index (χ0n) is 28.4. The highest BCUT2D eigenvalue weighted by Crippen LogP contribution is 2.36. The Morgan fingerprint density at radius 1 is 0.959 bits per heavy atom. The molecule has 1 aliphatic heterocycles. The van der Waals surface area contributed by atoms with E-state index in [2.05, 4.69) is 13.8 Å². The molecule has 0 unspecified atom stereocenters. The molecule has 2 aromatic heterocycles. The van der Waals surface area contributed by atoms with Gasteiger partial charge in [-0.1, -0.05) is 85.8 Å². The SMILES string of the molecule is CCOC(=O)C1=C(c2ccccc2)N=c2s/c(=C/c3ccc(-c4ccc(C(=O)OC(C)C)cc4C)o3)c(=O)n2[C@@H]1c1ccc(C(C)C)cc1. The molecule has 0 radical (unpaired) electrons. The molecule has 5 aromatic rings. The van der Waals surface area contributed by atoms with Gasteiger partial charge in [-0.05, 0) is 74.6 Å². The highest BCUT2D eigenvalue weighted by molar-refractivity contribution is 7.07. The molecule has 250 valence electrons. The number of hydrogen-bond donors (Lipinski definition) is 0. The lowest BCUT2D eigenvalue weighted by Gasteiger charge is -2.26. The quantitative estimate of drug-likeness (QED) is 0.154. The molecule has 0 saturated carbocycles. The molecule has 3 aromatic carbocycles. The van der Waals surface area contributed by atoms with Gasteiger partial charge in [-0.15, -0.1) is 0 Å². The van der Waals surface area contributed by atoms with Crippen molar-refractivity contribution in [1.29, 1.82) is 0 Å². The third kappa shape index (κ3) is 6.85. The number of carbonyl (C=O) groups excluding carboxylic acids is 2. The van der Waals surface area contributed by atoms with Crippen LogP contribution in [0.1, 0.15) is 85.0 Å². The minimum atomic E-state index is -0.760. The first-order chi connectivity index (χ1) is 23.5. The van der Waals surface area contributed by atoms with E-state index in [-0.39, 0.29) is 24.2 Å². The van der Waals surface area contributed by atoms with Crippen molar-refractivity contribution in [3.8, 4) is 11.3 Å². The van der Waals surface area contributed by atoms with Crippen LogP contribution in [-0.4, -0.2) is 29.2 Å². The Balaban J connectivity index is 1.47. The van der Waals surface area contributed by atoms with Gasteiger partial charge in [0.2, 0.25) is 0 Å². The summed E-state index contributed by atoms with van der Waals surface area (Å²) in [6.45, 7) is 11.7. The second-order valence-corrected chi connectivity index (χ2v) is 13.4. The molecule has 0 N–H and O–H groups in total. The molecule has 8 nitrogen and oxygen atoms in total. The van der Waals surface area contributed by atoms with Crippen LogP contribution in [0.3, 0.4) is 0 Å². The van der Waals surface area contributed by atoms with Gasteiger partial charge >= 0.3 is 11.9 Å². The lowest BCUT2D eigenvalue weighted by atomic mass is 9.91. The van der Waals surface area contributed by atoms with Crippen LogP contribution < -0.4 is 14.9 Å². The number of nitrogens with zero attached hydrogens (tertiary/aromatic N) is 2. The number of esters is 2. The van der Waals surface area contributed by atoms with Crippen molar-refractivity contribution < 1.29 is 23.5 Å². The first-order valence-electron chi connectivity index (χ1n) is 16.4. The van der Waals surface area contributed by atoms with E-state index in [0.717, 1.165) is 27.8 Å². The minimum absolute atomic E-state index is 0.179. The highest BCUT2D eigenvalue weighted by Gasteiger charge is 2.35. The molecule has 0 amide bonds. The van der Waals surface area contributed by atoms with Gasteiger partial charge in [-0.3, -0.25) is 9.36 Å². The van der Waals surface area contributed by atoms with E-state index in [1.807, 2.05) is 87.5 Å². The molecule has 0 aliphatic carbocycles. The van der Waals surface area contributed by atoms with E-state index in [1.54, 1.807) is 35.8 Å². The number of ether oxygens (including phenoxy) is 2. The molecule has 1 aliphatic rings. The third-order valence-corrected chi connectivity index (χ3v) is 9.25. The average molecular weight is 675 g/mol. The lowest BCUT2D eigenvalue weighted by Crippen LogP contribution is -2.40. The summed E-state index contributed by atoms with van der Waals surface area (Å²) in [7, 11) is 0. The normalized spacial score (nSPS) is 14.6. The average Bonchev–Trinajstić information content (AvgIpc) is 3.67. The molecule has 9 heteroatoms. The van der Waals surface area contributed by atoms with Gasteiger partial charge in [0.05, 0.1) is 40.1 Å². The summed E-state index contributed by atoms with van der Waals surface area (Å²) in [5, 5.41) is 0. The van der Waals surface area contributed by atoms with Crippen LogP contribution in [0.15, 0.2) is 105 Å². The Morgan fingerprint density at radius 3 is 2.35 bits per heavy atom. The molecule has 0 bridgehead atoms. The Bertz CT molecular complexity index is 2240. The number of aryl methyl sites for hydroxylation is 1. The fraction of sp³-hybridized carbons (Fsp3) is 0.250. The van der Waals surface area contributed by atoms with E-state index in [0.29, 0.717) is 43.6 Å². The van der Waals surface area contributed by atoms with Crippen LogP contribution in [0.5, 0.6) is 0 Å². The Hall–Kier alpha value is -5.28. The standard InChI is InChI=1S/C40H38N2O6S/c1-7-46-39(45)34-35(27-11-9-8-10-12-27)41-40-42(36(34)28-15-13-26(14-16-28)23(2)3)37(43)33(49-40)22-30-18-20-32(48-30)31-19-17-29(21-25(31)6)38(44)47-24(4)5/h8-24,36H,7H2,1-6H3/b33-22+/t36-/m1/s1. The maximum Gasteiger partial charge on any atom is 0.338 e. The molecule has 0 fully saturated rings. The number of carbonyl (C=O) groups is 2. The molecule has 6 rings (SSSR count). The largest absolute Gasteiger partial charge is 0.463 e. The van der Waals surface area contributed by atoms with Gasteiger partial charge in [0, 0.05) is 17.2 Å². The van der Waals surface area contributed by atoms with Crippen molar-refractivity contribution >= 4 is 35.0 Å². The van der Waals surface area contributed by atoms with Crippen LogP contribution in [0.25, 0.3) is 23.1 Å². The number of hydrogen-bond acceptors (Lipinski definition) is 8. The Morgan fingerprint density at radius 2 is 1.69 bits per heavy atom. The summed E-state index contributed by atoms with van der Waals surface area (Å²) in [6, 6.07) is 25.7. The number of fused-ring (bicyclic) bond motifs is 1. The monoisotopic (exact) mass is 674 g/mol. The van der Waals surface area contributed by atoms with E-state index in [4.69, 9.17) is 18.9 Å². The summed E-state index contributed by atoms with van der Waals surface area (Å²) in [5.74, 6) is 0.494. The minimum Gasteiger partial charge on any atom is -0.463 e. The van der Waals surface area contributed by atoms with Gasteiger partial charge in [0.15, 0.2) is 4.80 Å².